The summed E-state index contributed by atoms with van der Waals surface area (Å²) in [6.07, 6.45) is 1.30. The van der Waals surface area contributed by atoms with E-state index in [4.69, 9.17) is 0 Å². The van der Waals surface area contributed by atoms with Crippen molar-refractivity contribution in [1.82, 2.24) is 9.97 Å². The molecule has 3 nitrogen and oxygen atoms in total. The second kappa shape index (κ2) is 3.53. The predicted octanol–water partition coefficient (Wildman–Crippen LogP) is 2.32. The normalized spacial score (nSPS) is 13.1. The molecular formula is C8H8N2OS2. The Morgan fingerprint density at radius 3 is 2.85 bits per heavy atom. The van der Waals surface area contributed by atoms with Crippen LogP contribution >= 0.6 is 22.7 Å². The van der Waals surface area contributed by atoms with Crippen molar-refractivity contribution in [2.24, 2.45) is 0 Å². The van der Waals surface area contributed by atoms with Crippen molar-refractivity contribution in [3.63, 3.8) is 0 Å². The van der Waals surface area contributed by atoms with Crippen LogP contribution < -0.4 is 0 Å². The van der Waals surface area contributed by atoms with Gasteiger partial charge in [-0.1, -0.05) is 0 Å². The molecule has 0 aliphatic heterocycles. The fourth-order valence-corrected chi connectivity index (χ4v) is 2.35. The molecule has 2 rings (SSSR count). The third-order valence-corrected chi connectivity index (χ3v) is 3.37. The molecule has 0 amide bonds. The molecule has 1 unspecified atom stereocenters. The molecule has 0 bridgehead atoms. The summed E-state index contributed by atoms with van der Waals surface area (Å²) >= 11 is 3.03. The Morgan fingerprint density at radius 2 is 2.31 bits per heavy atom. The lowest BCUT2D eigenvalue weighted by atomic mass is 10.4. The molecule has 2 aromatic heterocycles. The van der Waals surface area contributed by atoms with Gasteiger partial charge in [0, 0.05) is 11.6 Å². The van der Waals surface area contributed by atoms with Gasteiger partial charge in [0.05, 0.1) is 16.1 Å². The number of nitrogens with zero attached hydrogens (tertiary/aromatic N) is 2. The van der Waals surface area contributed by atoms with E-state index in [2.05, 4.69) is 9.97 Å². The molecule has 5 heteroatoms. The molecule has 0 fully saturated rings. The highest BCUT2D eigenvalue weighted by Crippen LogP contribution is 2.27. The highest BCUT2D eigenvalue weighted by Gasteiger charge is 2.08. The maximum atomic E-state index is 9.27. The second-order valence-corrected chi connectivity index (χ2v) is 4.39. The number of hydrogen-bond acceptors (Lipinski definition) is 5. The molecule has 0 aliphatic rings. The quantitative estimate of drug-likeness (QED) is 0.831. The zero-order valence-electron chi connectivity index (χ0n) is 6.97. The molecule has 0 radical (unpaired) electrons. The Balaban J connectivity index is 2.33. The van der Waals surface area contributed by atoms with Gasteiger partial charge in [0.15, 0.2) is 0 Å². The fraction of sp³-hybridized carbons (Fsp3) is 0.250. The number of aliphatic hydroxyl groups excluding tert-OH is 1. The van der Waals surface area contributed by atoms with Crippen molar-refractivity contribution in [3.8, 4) is 10.6 Å². The van der Waals surface area contributed by atoms with Crippen LogP contribution in [0.2, 0.25) is 0 Å². The molecule has 1 N–H and O–H groups in total. The van der Waals surface area contributed by atoms with Crippen LogP contribution in [0.15, 0.2) is 17.1 Å². The van der Waals surface area contributed by atoms with Crippen molar-refractivity contribution in [2.75, 3.05) is 0 Å². The van der Waals surface area contributed by atoms with Gasteiger partial charge >= 0.3 is 0 Å². The molecule has 0 aromatic carbocycles. The van der Waals surface area contributed by atoms with Gasteiger partial charge in [0.25, 0.3) is 0 Å². The van der Waals surface area contributed by atoms with Crippen LogP contribution in [0.1, 0.15) is 18.0 Å². The first-order valence-electron chi connectivity index (χ1n) is 3.79. The van der Waals surface area contributed by atoms with Crippen molar-refractivity contribution < 1.29 is 5.11 Å². The van der Waals surface area contributed by atoms with Crippen LogP contribution in [0.5, 0.6) is 0 Å². The summed E-state index contributed by atoms with van der Waals surface area (Å²) in [6.45, 7) is 1.72. The highest BCUT2D eigenvalue weighted by atomic mass is 32.1. The van der Waals surface area contributed by atoms with Crippen LogP contribution in [-0.2, 0) is 0 Å². The van der Waals surface area contributed by atoms with E-state index < -0.39 is 6.10 Å². The first-order valence-corrected chi connectivity index (χ1v) is 5.55. The molecule has 0 spiro atoms. The second-order valence-electron chi connectivity index (χ2n) is 2.61. The van der Waals surface area contributed by atoms with E-state index in [0.717, 1.165) is 15.6 Å². The standard InChI is InChI=1S/C8H8N2OS2/c1-5(11)8-10-6(3-12-8)7-2-9-4-13-7/h2-5,11H,1H3. The summed E-state index contributed by atoms with van der Waals surface area (Å²) in [4.78, 5) is 9.31. The Kier molecular flexibility index (Phi) is 2.39. The van der Waals surface area contributed by atoms with Gasteiger partial charge in [-0.15, -0.1) is 22.7 Å². The minimum Gasteiger partial charge on any atom is -0.386 e. The Hall–Kier alpha value is -0.780. The molecule has 68 valence electrons. The number of aliphatic hydroxyl groups is 1. The maximum absolute atomic E-state index is 9.27. The van der Waals surface area contributed by atoms with Crippen LogP contribution in [0.25, 0.3) is 10.6 Å². The monoisotopic (exact) mass is 212 g/mol. The van der Waals surface area contributed by atoms with Gasteiger partial charge in [0.2, 0.25) is 0 Å². The summed E-state index contributed by atoms with van der Waals surface area (Å²) in [6, 6.07) is 0. The van der Waals surface area contributed by atoms with E-state index in [1.54, 1.807) is 30.0 Å². The van der Waals surface area contributed by atoms with Crippen molar-refractivity contribution in [2.45, 2.75) is 13.0 Å². The van der Waals surface area contributed by atoms with Crippen LogP contribution in [0.4, 0.5) is 0 Å². The number of aromatic nitrogens is 2. The molecule has 13 heavy (non-hydrogen) atoms. The van der Waals surface area contributed by atoms with Crippen molar-refractivity contribution in [1.29, 1.82) is 0 Å². The van der Waals surface area contributed by atoms with E-state index in [9.17, 15) is 5.11 Å². The highest BCUT2D eigenvalue weighted by molar-refractivity contribution is 7.14. The summed E-state index contributed by atoms with van der Waals surface area (Å²) in [5.74, 6) is 0. The fourth-order valence-electron chi connectivity index (χ4n) is 0.935. The van der Waals surface area contributed by atoms with Gasteiger partial charge < -0.3 is 5.11 Å². The van der Waals surface area contributed by atoms with Gasteiger partial charge in [0.1, 0.15) is 11.1 Å². The molecule has 1 atom stereocenters. The van der Waals surface area contributed by atoms with E-state index >= 15 is 0 Å². The Labute approximate surface area is 83.7 Å². The lowest BCUT2D eigenvalue weighted by Crippen LogP contribution is -1.88. The van der Waals surface area contributed by atoms with E-state index in [-0.39, 0.29) is 0 Å². The summed E-state index contributed by atoms with van der Waals surface area (Å²) in [5.41, 5.74) is 2.68. The molecule has 2 heterocycles. The zero-order valence-corrected chi connectivity index (χ0v) is 8.60. The lowest BCUT2D eigenvalue weighted by molar-refractivity contribution is 0.199. The van der Waals surface area contributed by atoms with Crippen LogP contribution in [0, 0.1) is 0 Å². The minimum atomic E-state index is -0.480. The first kappa shape index (κ1) is 8.80. The third-order valence-electron chi connectivity index (χ3n) is 1.56. The largest absolute Gasteiger partial charge is 0.386 e. The van der Waals surface area contributed by atoms with E-state index in [1.807, 2.05) is 5.38 Å². The van der Waals surface area contributed by atoms with Gasteiger partial charge in [-0.05, 0) is 6.92 Å². The summed E-state index contributed by atoms with van der Waals surface area (Å²) in [7, 11) is 0. The SMILES string of the molecule is CC(O)c1nc(-c2cncs2)cs1. The average molecular weight is 212 g/mol. The Bertz CT molecular complexity index is 381. The molecule has 0 saturated heterocycles. The predicted molar refractivity (Wildman–Crippen MR) is 53.9 cm³/mol. The maximum Gasteiger partial charge on any atom is 0.122 e. The lowest BCUT2D eigenvalue weighted by Gasteiger charge is -1.95. The van der Waals surface area contributed by atoms with Crippen LogP contribution in [0.3, 0.4) is 0 Å². The molecule has 0 saturated carbocycles. The van der Waals surface area contributed by atoms with Gasteiger partial charge in [-0.2, -0.15) is 0 Å². The number of rotatable bonds is 2. The van der Waals surface area contributed by atoms with Crippen LogP contribution in [-0.4, -0.2) is 15.1 Å². The smallest absolute Gasteiger partial charge is 0.122 e. The average Bonchev–Trinajstić information content (AvgIpc) is 2.75. The number of thiazole rings is 2. The van der Waals surface area contributed by atoms with E-state index in [0.29, 0.717) is 0 Å². The van der Waals surface area contributed by atoms with E-state index in [1.165, 1.54) is 11.3 Å². The summed E-state index contributed by atoms with van der Waals surface area (Å²) < 4.78 is 0. The number of hydrogen-bond donors (Lipinski definition) is 1. The minimum absolute atomic E-state index is 0.480. The topological polar surface area (TPSA) is 46.0 Å². The van der Waals surface area contributed by atoms with Crippen molar-refractivity contribution in [3.05, 3.63) is 22.1 Å². The molecular weight excluding hydrogens is 204 g/mol. The van der Waals surface area contributed by atoms with Gasteiger partial charge in [-0.25, -0.2) is 4.98 Å². The molecule has 2 aromatic rings. The third kappa shape index (κ3) is 1.77. The first-order chi connectivity index (χ1) is 6.27. The zero-order chi connectivity index (χ0) is 9.26. The Morgan fingerprint density at radius 1 is 1.46 bits per heavy atom. The van der Waals surface area contributed by atoms with Crippen molar-refractivity contribution >= 4 is 22.7 Å². The molecule has 0 aliphatic carbocycles. The summed E-state index contributed by atoms with van der Waals surface area (Å²) in [5, 5.41) is 12.0. The van der Waals surface area contributed by atoms with Gasteiger partial charge in [-0.3, -0.25) is 4.98 Å².